The maximum absolute atomic E-state index is 12.9. The first-order chi connectivity index (χ1) is 14.1. The fraction of sp³-hybridized carbons (Fsp3) is 0.429. The Balaban J connectivity index is 1.73. The molecule has 2 aromatic heterocycles. The van der Waals surface area contributed by atoms with Gasteiger partial charge in [0.05, 0.1) is 32.6 Å². The van der Waals surface area contributed by atoms with Crippen LogP contribution in [0.2, 0.25) is 0 Å². The number of Topliss-reactive ketones (excluding diaryl/α,β-unsaturated/α-hetero) is 1. The minimum atomic E-state index is -0.0308. The number of hydrogen-bond donors (Lipinski definition) is 0. The second-order valence-corrected chi connectivity index (χ2v) is 7.11. The lowest BCUT2D eigenvalue weighted by Crippen LogP contribution is -2.21. The predicted octanol–water partition coefficient (Wildman–Crippen LogP) is 3.02. The zero-order valence-electron chi connectivity index (χ0n) is 17.1. The number of ketones is 1. The van der Waals surface area contributed by atoms with E-state index in [1.54, 1.807) is 32.0 Å². The van der Waals surface area contributed by atoms with Gasteiger partial charge in [-0.2, -0.15) is 4.98 Å². The molecule has 8 nitrogen and oxygen atoms in total. The predicted molar refractivity (Wildman–Crippen MR) is 106 cm³/mol. The van der Waals surface area contributed by atoms with Gasteiger partial charge < -0.3 is 14.2 Å². The van der Waals surface area contributed by atoms with Crippen molar-refractivity contribution in [2.45, 2.75) is 38.5 Å². The lowest BCUT2D eigenvalue weighted by Gasteiger charge is -2.24. The first-order valence-corrected chi connectivity index (χ1v) is 9.66. The van der Waals surface area contributed by atoms with E-state index < -0.39 is 0 Å². The van der Waals surface area contributed by atoms with Crippen molar-refractivity contribution in [2.75, 3.05) is 21.3 Å². The summed E-state index contributed by atoms with van der Waals surface area (Å²) in [4.78, 5) is 22.0. The number of benzene rings is 1. The van der Waals surface area contributed by atoms with E-state index >= 15 is 0 Å². The van der Waals surface area contributed by atoms with Crippen LogP contribution >= 0.6 is 0 Å². The lowest BCUT2D eigenvalue weighted by atomic mass is 9.82. The van der Waals surface area contributed by atoms with Crippen LogP contribution in [0.4, 0.5) is 0 Å². The number of rotatable bonds is 6. The number of carbonyl (C=O) groups is 1. The summed E-state index contributed by atoms with van der Waals surface area (Å²) in [6, 6.07) is 3.80. The van der Waals surface area contributed by atoms with Gasteiger partial charge >= 0.3 is 0 Å². The quantitative estimate of drug-likeness (QED) is 0.633. The number of carbonyl (C=O) groups excluding carboxylic acids is 1. The highest BCUT2D eigenvalue weighted by molar-refractivity contribution is 5.98. The minimum absolute atomic E-state index is 0.0308. The molecule has 1 aliphatic rings. The number of hydrogen-bond acceptors (Lipinski definition) is 7. The molecule has 0 saturated heterocycles. The molecule has 0 unspecified atom stereocenters. The number of fused-ring (bicyclic) bond motifs is 2. The van der Waals surface area contributed by atoms with Gasteiger partial charge in [0.1, 0.15) is 0 Å². The van der Waals surface area contributed by atoms with E-state index in [0.29, 0.717) is 41.4 Å². The van der Waals surface area contributed by atoms with Crippen molar-refractivity contribution in [3.8, 4) is 17.2 Å². The molecule has 0 aliphatic heterocycles. The van der Waals surface area contributed by atoms with Gasteiger partial charge in [0.25, 0.3) is 5.78 Å². The normalized spacial score (nSPS) is 16.0. The van der Waals surface area contributed by atoms with Crippen LogP contribution in [0.3, 0.4) is 0 Å². The summed E-state index contributed by atoms with van der Waals surface area (Å²) in [5.41, 5.74) is 2.32. The number of ether oxygens (including phenoxy) is 3. The van der Waals surface area contributed by atoms with Gasteiger partial charge in [0.15, 0.2) is 23.1 Å². The van der Waals surface area contributed by atoms with E-state index in [-0.39, 0.29) is 11.7 Å². The molecule has 1 aliphatic carbocycles. The summed E-state index contributed by atoms with van der Waals surface area (Å²) in [7, 11) is 4.74. The van der Waals surface area contributed by atoms with E-state index in [4.69, 9.17) is 14.2 Å². The van der Waals surface area contributed by atoms with E-state index in [9.17, 15) is 4.79 Å². The van der Waals surface area contributed by atoms with Gasteiger partial charge in [0, 0.05) is 19.0 Å². The Labute approximate surface area is 168 Å². The van der Waals surface area contributed by atoms with Crippen LogP contribution in [0, 0.1) is 0 Å². The van der Waals surface area contributed by atoms with Gasteiger partial charge in [-0.05, 0) is 36.5 Å². The van der Waals surface area contributed by atoms with Crippen LogP contribution in [-0.2, 0) is 12.8 Å². The second-order valence-electron chi connectivity index (χ2n) is 7.11. The third-order valence-electron chi connectivity index (χ3n) is 5.26. The van der Waals surface area contributed by atoms with Crippen LogP contribution in [0.1, 0.15) is 53.1 Å². The molecule has 0 amide bonds. The van der Waals surface area contributed by atoms with Crippen LogP contribution < -0.4 is 14.2 Å². The summed E-state index contributed by atoms with van der Waals surface area (Å²) in [5.74, 6) is 2.98. The van der Waals surface area contributed by atoms with Crippen molar-refractivity contribution in [3.63, 3.8) is 0 Å². The fourth-order valence-electron chi connectivity index (χ4n) is 3.83. The van der Waals surface area contributed by atoms with Crippen LogP contribution in [0.5, 0.6) is 17.2 Å². The Morgan fingerprint density at radius 3 is 2.41 bits per heavy atom. The molecule has 1 atom stereocenters. The van der Waals surface area contributed by atoms with E-state index in [2.05, 4.69) is 22.0 Å². The molecule has 0 saturated carbocycles. The smallest absolute Gasteiger partial charge is 0.252 e. The van der Waals surface area contributed by atoms with Crippen LogP contribution in [-0.4, -0.2) is 46.7 Å². The van der Waals surface area contributed by atoms with E-state index in [1.807, 2.05) is 12.1 Å². The summed E-state index contributed by atoms with van der Waals surface area (Å²) in [6.07, 6.45) is 4.52. The van der Waals surface area contributed by atoms with Gasteiger partial charge in [-0.25, -0.2) is 9.50 Å². The zero-order valence-corrected chi connectivity index (χ0v) is 17.1. The molecule has 0 N–H and O–H groups in total. The van der Waals surface area contributed by atoms with Crippen molar-refractivity contribution in [3.05, 3.63) is 41.0 Å². The molecule has 0 bridgehead atoms. The van der Waals surface area contributed by atoms with E-state index in [0.717, 1.165) is 29.9 Å². The Morgan fingerprint density at radius 1 is 1.07 bits per heavy atom. The van der Waals surface area contributed by atoms with Crippen LogP contribution in [0.25, 0.3) is 5.78 Å². The molecule has 0 fully saturated rings. The Kier molecular flexibility index (Phi) is 5.08. The topological polar surface area (TPSA) is 87.8 Å². The zero-order chi connectivity index (χ0) is 20.5. The molecule has 0 spiro atoms. The Hall–Kier alpha value is -3.16. The van der Waals surface area contributed by atoms with Crippen LogP contribution in [0.15, 0.2) is 18.3 Å². The number of methoxy groups -OCH3 is 3. The summed E-state index contributed by atoms with van der Waals surface area (Å²) < 4.78 is 17.9. The number of aryl methyl sites for hydroxylation is 1. The highest BCUT2D eigenvalue weighted by atomic mass is 16.5. The molecule has 4 rings (SSSR count). The SMILES string of the molecule is CCCc1nc2nc3c(cn2n1)C(=O)C[C@@H](c1cc(OC)c(OC)c(OC)c1)C3. The molecular formula is C21H24N4O4. The summed E-state index contributed by atoms with van der Waals surface area (Å²) in [6.45, 7) is 2.08. The van der Waals surface area contributed by atoms with Gasteiger partial charge in [-0.3, -0.25) is 4.79 Å². The van der Waals surface area contributed by atoms with Crippen molar-refractivity contribution in [2.24, 2.45) is 0 Å². The molecule has 2 heterocycles. The molecule has 3 aromatic rings. The third kappa shape index (κ3) is 3.39. The van der Waals surface area contributed by atoms with Gasteiger partial charge in [0.2, 0.25) is 5.75 Å². The highest BCUT2D eigenvalue weighted by Gasteiger charge is 2.30. The summed E-state index contributed by atoms with van der Waals surface area (Å²) in [5, 5.41) is 4.43. The highest BCUT2D eigenvalue weighted by Crippen LogP contribution is 2.42. The van der Waals surface area contributed by atoms with Crippen molar-refractivity contribution in [1.29, 1.82) is 0 Å². The molecular weight excluding hydrogens is 372 g/mol. The molecule has 29 heavy (non-hydrogen) atoms. The fourth-order valence-corrected chi connectivity index (χ4v) is 3.83. The molecule has 0 radical (unpaired) electrons. The Bertz CT molecular complexity index is 1050. The monoisotopic (exact) mass is 396 g/mol. The molecule has 152 valence electrons. The standard InChI is InChI=1S/C21H24N4O4/c1-5-6-19-23-21-22-15-7-12(8-16(26)14(15)11-25(21)24-19)13-9-17(27-2)20(29-4)18(10-13)28-3/h9-12H,5-8H2,1-4H3/t12-/m0/s1. The molecule has 8 heteroatoms. The minimum Gasteiger partial charge on any atom is -0.493 e. The van der Waals surface area contributed by atoms with Crippen molar-refractivity contribution >= 4 is 11.6 Å². The number of nitrogens with zero attached hydrogens (tertiary/aromatic N) is 4. The molecule has 1 aromatic carbocycles. The largest absolute Gasteiger partial charge is 0.493 e. The van der Waals surface area contributed by atoms with Crippen molar-refractivity contribution < 1.29 is 19.0 Å². The second kappa shape index (κ2) is 7.69. The Morgan fingerprint density at radius 2 is 1.79 bits per heavy atom. The van der Waals surface area contributed by atoms with Crippen molar-refractivity contribution in [1.82, 2.24) is 19.6 Å². The average Bonchev–Trinajstić information content (AvgIpc) is 3.12. The van der Waals surface area contributed by atoms with E-state index in [1.165, 1.54) is 0 Å². The maximum atomic E-state index is 12.9. The average molecular weight is 396 g/mol. The number of aromatic nitrogens is 4. The van der Waals surface area contributed by atoms with Gasteiger partial charge in [-0.15, -0.1) is 5.10 Å². The maximum Gasteiger partial charge on any atom is 0.252 e. The lowest BCUT2D eigenvalue weighted by molar-refractivity contribution is 0.0962. The first-order valence-electron chi connectivity index (χ1n) is 9.66. The summed E-state index contributed by atoms with van der Waals surface area (Å²) >= 11 is 0. The third-order valence-corrected chi connectivity index (χ3v) is 5.26. The van der Waals surface area contributed by atoms with Gasteiger partial charge in [-0.1, -0.05) is 6.92 Å². The first kappa shape index (κ1) is 19.2.